The fourth-order valence-corrected chi connectivity index (χ4v) is 4.39. The molecule has 1 heterocycles. The highest BCUT2D eigenvalue weighted by molar-refractivity contribution is 5.93. The molecule has 2 fully saturated rings. The molecular weight excluding hydrogens is 430 g/mol. The lowest BCUT2D eigenvalue weighted by Crippen LogP contribution is -2.49. The lowest BCUT2D eigenvalue weighted by molar-refractivity contribution is 0.191. The van der Waals surface area contributed by atoms with Gasteiger partial charge < -0.3 is 19.1 Å². The van der Waals surface area contributed by atoms with Crippen molar-refractivity contribution in [2.75, 3.05) is 38.8 Å². The maximum atomic E-state index is 13.4. The largest absolute Gasteiger partial charge is 0.496 e. The van der Waals surface area contributed by atoms with Gasteiger partial charge >= 0.3 is 6.03 Å². The Labute approximate surface area is 201 Å². The Morgan fingerprint density at radius 1 is 1.00 bits per heavy atom. The highest BCUT2D eigenvalue weighted by atomic mass is 16.5. The van der Waals surface area contributed by atoms with E-state index in [0.29, 0.717) is 49.1 Å². The minimum absolute atomic E-state index is 0.0572. The van der Waals surface area contributed by atoms with Crippen molar-refractivity contribution in [3.05, 3.63) is 47.5 Å². The lowest BCUT2D eigenvalue weighted by atomic mass is 10.1. The number of benzene rings is 2. The smallest absolute Gasteiger partial charge is 0.324 e. The standard InChI is InChI=1S/C27H33N3O4/c1-32-24-12-11-23(17-26(24)34-15-4-3-6-20-7-8-20)30-14-5-13-29(27(30)31)19-22-10-9-21(18-28)16-25(22)33-2/h9-12,16-17,20H,3-8,13-15,19H2,1-2H3. The SMILES string of the molecule is COc1cc(C#N)ccc1CN1CCCN(c2ccc(OC)c(OCCCCC3CC3)c2)C1=O. The number of nitriles is 1. The number of hydrogen-bond donors (Lipinski definition) is 0. The molecule has 0 spiro atoms. The minimum atomic E-state index is -0.0572. The molecule has 1 saturated carbocycles. The van der Waals surface area contributed by atoms with Gasteiger partial charge in [0.2, 0.25) is 0 Å². The molecule has 7 heteroatoms. The van der Waals surface area contributed by atoms with Gasteiger partial charge in [0.1, 0.15) is 5.75 Å². The van der Waals surface area contributed by atoms with Gasteiger partial charge in [-0.2, -0.15) is 5.26 Å². The number of nitrogens with zero attached hydrogens (tertiary/aromatic N) is 3. The molecule has 0 aromatic heterocycles. The highest BCUT2D eigenvalue weighted by Crippen LogP contribution is 2.35. The first-order valence-corrected chi connectivity index (χ1v) is 12.1. The fourth-order valence-electron chi connectivity index (χ4n) is 4.39. The summed E-state index contributed by atoms with van der Waals surface area (Å²) in [5, 5.41) is 9.14. The zero-order valence-corrected chi connectivity index (χ0v) is 20.1. The van der Waals surface area contributed by atoms with Gasteiger partial charge in [-0.15, -0.1) is 0 Å². The van der Waals surface area contributed by atoms with E-state index in [2.05, 4.69) is 6.07 Å². The van der Waals surface area contributed by atoms with Crippen molar-refractivity contribution in [1.29, 1.82) is 5.26 Å². The van der Waals surface area contributed by atoms with Crippen LogP contribution in [0.1, 0.15) is 49.7 Å². The molecule has 2 aromatic rings. The number of methoxy groups -OCH3 is 2. The van der Waals surface area contributed by atoms with Crippen LogP contribution in [0.4, 0.5) is 10.5 Å². The molecule has 4 rings (SSSR count). The first-order valence-electron chi connectivity index (χ1n) is 12.1. The van der Waals surface area contributed by atoms with Crippen LogP contribution in [-0.2, 0) is 6.54 Å². The second-order valence-electron chi connectivity index (χ2n) is 8.97. The summed E-state index contributed by atoms with van der Waals surface area (Å²) >= 11 is 0. The van der Waals surface area contributed by atoms with Gasteiger partial charge in [0.15, 0.2) is 11.5 Å². The summed E-state index contributed by atoms with van der Waals surface area (Å²) in [5.41, 5.74) is 2.21. The second kappa shape index (κ2) is 11.1. The molecule has 0 radical (unpaired) electrons. The minimum Gasteiger partial charge on any atom is -0.496 e. The fraction of sp³-hybridized carbons (Fsp3) is 0.481. The third kappa shape index (κ3) is 5.74. The number of ether oxygens (including phenoxy) is 3. The van der Waals surface area contributed by atoms with E-state index < -0.39 is 0 Å². The van der Waals surface area contributed by atoms with Crippen LogP contribution in [-0.4, -0.2) is 44.8 Å². The number of amides is 2. The maximum Gasteiger partial charge on any atom is 0.324 e. The van der Waals surface area contributed by atoms with Gasteiger partial charge in [0, 0.05) is 30.4 Å². The second-order valence-corrected chi connectivity index (χ2v) is 8.97. The molecule has 180 valence electrons. The third-order valence-electron chi connectivity index (χ3n) is 6.51. The average Bonchev–Trinajstić information content (AvgIpc) is 3.69. The Hall–Kier alpha value is -3.40. The zero-order chi connectivity index (χ0) is 23.9. The lowest BCUT2D eigenvalue weighted by Gasteiger charge is -2.36. The summed E-state index contributed by atoms with van der Waals surface area (Å²) in [6.07, 6.45) is 7.12. The first-order chi connectivity index (χ1) is 16.6. The van der Waals surface area contributed by atoms with Gasteiger partial charge in [-0.05, 0) is 49.4 Å². The van der Waals surface area contributed by atoms with Crippen molar-refractivity contribution in [2.24, 2.45) is 5.92 Å². The number of hydrogen-bond acceptors (Lipinski definition) is 5. The molecule has 7 nitrogen and oxygen atoms in total. The molecule has 1 aliphatic heterocycles. The molecule has 34 heavy (non-hydrogen) atoms. The zero-order valence-electron chi connectivity index (χ0n) is 20.1. The van der Waals surface area contributed by atoms with Gasteiger partial charge in [-0.3, -0.25) is 4.90 Å². The van der Waals surface area contributed by atoms with E-state index in [-0.39, 0.29) is 6.03 Å². The van der Waals surface area contributed by atoms with E-state index in [1.54, 1.807) is 31.3 Å². The predicted octanol–water partition coefficient (Wildman–Crippen LogP) is 5.37. The quantitative estimate of drug-likeness (QED) is 0.419. The Morgan fingerprint density at radius 3 is 2.56 bits per heavy atom. The predicted molar refractivity (Wildman–Crippen MR) is 131 cm³/mol. The van der Waals surface area contributed by atoms with Gasteiger partial charge in [-0.25, -0.2) is 4.79 Å². The molecule has 1 aliphatic carbocycles. The Kier molecular flexibility index (Phi) is 7.79. The van der Waals surface area contributed by atoms with Crippen LogP contribution in [0.15, 0.2) is 36.4 Å². The Bertz CT molecular complexity index is 1040. The van der Waals surface area contributed by atoms with Crippen molar-refractivity contribution in [2.45, 2.75) is 45.1 Å². The third-order valence-corrected chi connectivity index (χ3v) is 6.51. The monoisotopic (exact) mass is 463 g/mol. The van der Waals surface area contributed by atoms with E-state index in [0.717, 1.165) is 30.0 Å². The number of anilines is 1. The maximum absolute atomic E-state index is 13.4. The molecule has 0 bridgehead atoms. The van der Waals surface area contributed by atoms with Crippen molar-refractivity contribution in [3.8, 4) is 23.3 Å². The topological polar surface area (TPSA) is 75.0 Å². The van der Waals surface area contributed by atoms with Gasteiger partial charge in [0.25, 0.3) is 0 Å². The molecule has 2 amide bonds. The van der Waals surface area contributed by atoms with E-state index in [1.807, 2.05) is 29.2 Å². The van der Waals surface area contributed by atoms with Crippen LogP contribution in [0.25, 0.3) is 0 Å². The molecular formula is C27H33N3O4. The number of carbonyl (C=O) groups is 1. The van der Waals surface area contributed by atoms with Crippen molar-refractivity contribution < 1.29 is 19.0 Å². The van der Waals surface area contributed by atoms with Gasteiger partial charge in [0.05, 0.1) is 39.0 Å². The summed E-state index contributed by atoms with van der Waals surface area (Å²) in [7, 11) is 3.21. The first kappa shape index (κ1) is 23.7. The molecule has 2 aliphatic rings. The summed E-state index contributed by atoms with van der Waals surface area (Å²) in [4.78, 5) is 17.0. The molecule has 0 unspecified atom stereocenters. The molecule has 1 saturated heterocycles. The molecule has 0 atom stereocenters. The number of urea groups is 1. The van der Waals surface area contributed by atoms with Crippen LogP contribution in [0, 0.1) is 17.2 Å². The summed E-state index contributed by atoms with van der Waals surface area (Å²) in [6.45, 7) is 2.38. The van der Waals surface area contributed by atoms with Gasteiger partial charge in [-0.1, -0.05) is 25.3 Å². The summed E-state index contributed by atoms with van der Waals surface area (Å²) in [5.74, 6) is 2.90. The van der Waals surface area contributed by atoms with Crippen LogP contribution in [0.3, 0.4) is 0 Å². The highest BCUT2D eigenvalue weighted by Gasteiger charge is 2.28. The van der Waals surface area contributed by atoms with Crippen LogP contribution in [0.2, 0.25) is 0 Å². The van der Waals surface area contributed by atoms with Crippen molar-refractivity contribution >= 4 is 11.7 Å². The van der Waals surface area contributed by atoms with E-state index in [9.17, 15) is 4.79 Å². The average molecular weight is 464 g/mol. The summed E-state index contributed by atoms with van der Waals surface area (Å²) in [6, 6.07) is 13.1. The van der Waals surface area contributed by atoms with E-state index in [4.69, 9.17) is 19.5 Å². The molecule has 2 aromatic carbocycles. The van der Waals surface area contributed by atoms with Crippen LogP contribution >= 0.6 is 0 Å². The number of rotatable bonds is 11. The molecule has 0 N–H and O–H groups in total. The van der Waals surface area contributed by atoms with Crippen molar-refractivity contribution in [3.63, 3.8) is 0 Å². The van der Waals surface area contributed by atoms with Crippen LogP contribution < -0.4 is 19.1 Å². The van der Waals surface area contributed by atoms with E-state index >= 15 is 0 Å². The normalized spacial score (nSPS) is 15.7. The number of carbonyl (C=O) groups excluding carboxylic acids is 1. The van der Waals surface area contributed by atoms with Crippen molar-refractivity contribution in [1.82, 2.24) is 4.90 Å². The Balaban J connectivity index is 1.43. The number of unbranched alkanes of at least 4 members (excludes halogenated alkanes) is 1. The summed E-state index contributed by atoms with van der Waals surface area (Å²) < 4.78 is 17.0. The van der Waals surface area contributed by atoms with E-state index in [1.165, 1.54) is 25.7 Å². The Morgan fingerprint density at radius 2 is 1.82 bits per heavy atom. The van der Waals surface area contributed by atoms with Crippen LogP contribution in [0.5, 0.6) is 17.2 Å².